The van der Waals surface area contributed by atoms with Crippen molar-refractivity contribution in [2.75, 3.05) is 9.80 Å². The summed E-state index contributed by atoms with van der Waals surface area (Å²) in [6.45, 7) is 21.7. The molecular formula is C61H59BN2O. The summed E-state index contributed by atoms with van der Waals surface area (Å²) in [6.07, 6.45) is 4.65. The highest BCUT2D eigenvalue weighted by molar-refractivity contribution is 7.01. The molecule has 12 rings (SSSR count). The zero-order chi connectivity index (χ0) is 44.8. The smallest absolute Gasteiger partial charge is 0.257 e. The van der Waals surface area contributed by atoms with Crippen LogP contribution in [0.4, 0.5) is 34.3 Å². The predicted octanol–water partition coefficient (Wildman–Crippen LogP) is 14.9. The maximum atomic E-state index is 7.52. The van der Waals surface area contributed by atoms with Crippen molar-refractivity contribution in [1.29, 1.82) is 0 Å². The van der Waals surface area contributed by atoms with Crippen LogP contribution < -0.4 is 26.2 Å². The second kappa shape index (κ2) is 13.9. The summed E-state index contributed by atoms with van der Waals surface area (Å²) in [6, 6.07) is 55.2. The van der Waals surface area contributed by atoms with Crippen LogP contribution in [0, 0.1) is 6.92 Å². The fraction of sp³-hybridized carbons (Fsp3) is 0.279. The summed E-state index contributed by atoms with van der Waals surface area (Å²) >= 11 is 0. The van der Waals surface area contributed by atoms with E-state index in [-0.39, 0.29) is 28.4 Å². The Morgan fingerprint density at radius 2 is 0.938 bits per heavy atom. The first-order valence-corrected chi connectivity index (χ1v) is 24.0. The zero-order valence-electron chi connectivity index (χ0n) is 39.6. The van der Waals surface area contributed by atoms with E-state index in [2.05, 4.69) is 218 Å². The summed E-state index contributed by atoms with van der Waals surface area (Å²) in [5.74, 6) is 0.941. The van der Waals surface area contributed by atoms with Gasteiger partial charge in [-0.05, 0) is 170 Å². The molecule has 7 aromatic carbocycles. The molecule has 65 heavy (non-hydrogen) atoms. The lowest BCUT2D eigenvalue weighted by Crippen LogP contribution is -2.61. The largest absolute Gasteiger partial charge is 0.440 e. The molecule has 0 saturated carbocycles. The molecule has 0 bridgehead atoms. The van der Waals surface area contributed by atoms with Gasteiger partial charge in [-0.15, -0.1) is 0 Å². The second-order valence-electron chi connectivity index (χ2n) is 22.4. The van der Waals surface area contributed by atoms with Crippen LogP contribution in [0.1, 0.15) is 109 Å². The molecule has 1 aromatic heterocycles. The summed E-state index contributed by atoms with van der Waals surface area (Å²) in [4.78, 5) is 5.05. The first kappa shape index (κ1) is 40.3. The Bertz CT molecular complexity index is 3230. The van der Waals surface area contributed by atoms with Crippen molar-refractivity contribution in [3.8, 4) is 22.3 Å². The third-order valence-electron chi connectivity index (χ3n) is 16.2. The first-order valence-electron chi connectivity index (χ1n) is 24.0. The third kappa shape index (κ3) is 6.08. The lowest BCUT2D eigenvalue weighted by atomic mass is 9.33. The van der Waals surface area contributed by atoms with Gasteiger partial charge < -0.3 is 9.32 Å². The molecule has 0 unspecified atom stereocenters. The average Bonchev–Trinajstić information content (AvgIpc) is 3.67. The van der Waals surface area contributed by atoms with Crippen LogP contribution in [0.3, 0.4) is 0 Å². The molecule has 8 aromatic rings. The molecule has 4 heteroatoms. The molecule has 3 nitrogen and oxygen atoms in total. The van der Waals surface area contributed by atoms with Gasteiger partial charge in [0.15, 0.2) is 0 Å². The predicted molar refractivity (Wildman–Crippen MR) is 276 cm³/mol. The third-order valence-corrected chi connectivity index (χ3v) is 16.2. The van der Waals surface area contributed by atoms with Gasteiger partial charge in [-0.3, -0.25) is 4.90 Å². The highest BCUT2D eigenvalue weighted by atomic mass is 16.4. The van der Waals surface area contributed by atoms with Crippen molar-refractivity contribution in [3.63, 3.8) is 0 Å². The Labute approximate surface area is 386 Å². The van der Waals surface area contributed by atoms with Crippen molar-refractivity contribution in [3.05, 3.63) is 173 Å². The zero-order valence-corrected chi connectivity index (χ0v) is 39.6. The van der Waals surface area contributed by atoms with Gasteiger partial charge in [0.25, 0.3) is 6.71 Å². The molecule has 0 radical (unpaired) electrons. The standard InChI is InChI=1S/C61H59BN2O/c1-38-32-52-56-53(33-38)64(44-25-26-46-47(35-44)59(4,5)29-28-58(46,2)3)57-55(45-36-48-49(37-54(45)65-57)61(8,9)31-30-60(48,6)7)62(56)50-34-42(40-18-14-11-15-19-40)22-27-51(50)63(52)43-23-20-41(21-24-43)39-16-12-10-13-17-39/h10-27,32-37H,28-31H2,1-9H3. The van der Waals surface area contributed by atoms with Crippen LogP contribution in [-0.2, 0) is 21.7 Å². The van der Waals surface area contributed by atoms with E-state index in [0.717, 1.165) is 42.1 Å². The molecule has 0 amide bonds. The van der Waals surface area contributed by atoms with E-state index in [1.807, 2.05) is 0 Å². The lowest BCUT2D eigenvalue weighted by Gasteiger charge is -2.44. The Morgan fingerprint density at radius 3 is 1.57 bits per heavy atom. The number of hydrogen-bond donors (Lipinski definition) is 0. The van der Waals surface area contributed by atoms with E-state index in [0.29, 0.717) is 0 Å². The van der Waals surface area contributed by atoms with Crippen molar-refractivity contribution in [2.45, 2.75) is 110 Å². The van der Waals surface area contributed by atoms with E-state index < -0.39 is 0 Å². The van der Waals surface area contributed by atoms with Crippen LogP contribution in [0.2, 0.25) is 0 Å². The maximum Gasteiger partial charge on any atom is 0.257 e. The Balaban J connectivity index is 1.18. The quantitative estimate of drug-likeness (QED) is 0.165. The van der Waals surface area contributed by atoms with Gasteiger partial charge in [0.1, 0.15) is 5.58 Å². The number of fused-ring (bicyclic) bond motifs is 8. The molecule has 0 saturated heterocycles. The van der Waals surface area contributed by atoms with E-state index >= 15 is 0 Å². The minimum absolute atomic E-state index is 0.0439. The maximum absolute atomic E-state index is 7.52. The van der Waals surface area contributed by atoms with E-state index in [1.165, 1.54) is 95.3 Å². The Morgan fingerprint density at radius 1 is 0.431 bits per heavy atom. The molecule has 0 atom stereocenters. The molecule has 0 spiro atoms. The highest BCUT2D eigenvalue weighted by Crippen LogP contribution is 2.53. The fourth-order valence-electron chi connectivity index (χ4n) is 12.2. The van der Waals surface area contributed by atoms with E-state index in [9.17, 15) is 0 Å². The van der Waals surface area contributed by atoms with E-state index in [1.54, 1.807) is 0 Å². The highest BCUT2D eigenvalue weighted by Gasteiger charge is 2.48. The average molecular weight is 847 g/mol. The van der Waals surface area contributed by atoms with E-state index in [4.69, 9.17) is 4.42 Å². The van der Waals surface area contributed by atoms with Crippen molar-refractivity contribution in [1.82, 2.24) is 0 Å². The second-order valence-corrected chi connectivity index (χ2v) is 22.4. The Kier molecular flexibility index (Phi) is 8.60. The molecule has 3 heterocycles. The number of furan rings is 1. The normalized spacial score (nSPS) is 18.1. The van der Waals surface area contributed by atoms with Crippen LogP contribution in [0.5, 0.6) is 0 Å². The van der Waals surface area contributed by atoms with Gasteiger partial charge in [0, 0.05) is 39.3 Å². The van der Waals surface area contributed by atoms with Gasteiger partial charge >= 0.3 is 0 Å². The Hall–Kier alpha value is -6.26. The lowest BCUT2D eigenvalue weighted by molar-refractivity contribution is 0.332. The summed E-state index contributed by atoms with van der Waals surface area (Å²) in [7, 11) is 0. The minimum atomic E-state index is -0.0719. The number of benzene rings is 7. The van der Waals surface area contributed by atoms with Gasteiger partial charge in [0.2, 0.25) is 5.88 Å². The number of hydrogen-bond acceptors (Lipinski definition) is 3. The fourth-order valence-corrected chi connectivity index (χ4v) is 12.2. The van der Waals surface area contributed by atoms with Gasteiger partial charge in [-0.2, -0.15) is 0 Å². The molecule has 0 fully saturated rings. The van der Waals surface area contributed by atoms with Crippen molar-refractivity contribution >= 4 is 68.4 Å². The summed E-state index contributed by atoms with van der Waals surface area (Å²) in [5, 5.41) is 1.23. The number of anilines is 6. The van der Waals surface area contributed by atoms with Gasteiger partial charge in [-0.1, -0.05) is 146 Å². The first-order chi connectivity index (χ1) is 31.1. The van der Waals surface area contributed by atoms with Crippen LogP contribution in [-0.4, -0.2) is 6.71 Å². The minimum Gasteiger partial charge on any atom is -0.440 e. The molecular weight excluding hydrogens is 787 g/mol. The molecule has 4 aliphatic rings. The number of rotatable bonds is 4. The number of aryl methyl sites for hydroxylation is 1. The van der Waals surface area contributed by atoms with Crippen LogP contribution in [0.15, 0.2) is 150 Å². The summed E-state index contributed by atoms with van der Waals surface area (Å²) in [5.41, 5.74) is 22.9. The summed E-state index contributed by atoms with van der Waals surface area (Å²) < 4.78 is 7.52. The number of nitrogens with zero attached hydrogens (tertiary/aromatic N) is 2. The van der Waals surface area contributed by atoms with Gasteiger partial charge in [0.05, 0.1) is 0 Å². The monoisotopic (exact) mass is 846 g/mol. The van der Waals surface area contributed by atoms with Crippen molar-refractivity contribution < 1.29 is 4.42 Å². The molecule has 322 valence electrons. The molecule has 2 aliphatic carbocycles. The molecule has 2 aliphatic heterocycles. The van der Waals surface area contributed by atoms with Crippen molar-refractivity contribution in [2.24, 2.45) is 0 Å². The van der Waals surface area contributed by atoms with Crippen LogP contribution >= 0.6 is 0 Å². The SMILES string of the molecule is Cc1cc2c3c(c1)N(c1ccc4c(c1)C(C)(C)CCC4(C)C)c1oc4cc5c(cc4c1B3c1cc(-c3ccccc3)ccc1N2c1ccc(-c2ccccc2)cc1)C(C)(C)CCC5(C)C. The van der Waals surface area contributed by atoms with Gasteiger partial charge in [-0.25, -0.2) is 0 Å². The topological polar surface area (TPSA) is 19.6 Å². The molecule has 0 N–H and O–H groups in total. The van der Waals surface area contributed by atoms with Crippen LogP contribution in [0.25, 0.3) is 33.2 Å².